The van der Waals surface area contributed by atoms with Crippen LogP contribution in [0.2, 0.25) is 0 Å². The van der Waals surface area contributed by atoms with Crippen molar-refractivity contribution in [3.8, 4) is 0 Å². The van der Waals surface area contributed by atoms with Gasteiger partial charge in [-0.25, -0.2) is 15.8 Å². The molecule has 0 unspecified atom stereocenters. The zero-order chi connectivity index (χ0) is 15.5. The number of unbranched alkanes of at least 4 members (excludes halogenated alkanes) is 2. The Morgan fingerprint density at radius 2 is 2.05 bits per heavy atom. The van der Waals surface area contributed by atoms with Gasteiger partial charge in [-0.05, 0) is 37.5 Å². The van der Waals surface area contributed by atoms with Crippen LogP contribution in [0.15, 0.2) is 24.3 Å². The first-order chi connectivity index (χ1) is 10.1. The Balaban J connectivity index is 2.05. The van der Waals surface area contributed by atoms with E-state index in [-0.39, 0.29) is 6.42 Å². The fraction of sp³-hybridized carbons (Fsp3) is 0.429. The van der Waals surface area contributed by atoms with E-state index in [4.69, 9.17) is 10.0 Å². The molecule has 116 valence electrons. The lowest BCUT2D eigenvalue weighted by Gasteiger charge is -2.08. The zero-order valence-electron chi connectivity index (χ0n) is 12.0. The molecule has 0 bridgehead atoms. The number of carbonyl (C=O) groups excluding carboxylic acids is 2. The molecular formula is C14H21N3O4. The zero-order valence-corrected chi connectivity index (χ0v) is 12.0. The van der Waals surface area contributed by atoms with Gasteiger partial charge in [0.1, 0.15) is 0 Å². The summed E-state index contributed by atoms with van der Waals surface area (Å²) >= 11 is 0. The SMILES string of the molecule is Cc1cccc(NC(=O)NOCCCCCC(=O)NO)c1. The maximum atomic E-state index is 11.5. The van der Waals surface area contributed by atoms with Crippen molar-refractivity contribution in [3.05, 3.63) is 29.8 Å². The summed E-state index contributed by atoms with van der Waals surface area (Å²) in [6.45, 7) is 2.30. The van der Waals surface area contributed by atoms with Crippen molar-refractivity contribution in [2.45, 2.75) is 32.6 Å². The average Bonchev–Trinajstić information content (AvgIpc) is 2.46. The van der Waals surface area contributed by atoms with Gasteiger partial charge in [0, 0.05) is 12.1 Å². The molecule has 0 aliphatic rings. The molecule has 0 fully saturated rings. The summed E-state index contributed by atoms with van der Waals surface area (Å²) in [6, 6.07) is 7.01. The van der Waals surface area contributed by atoms with Crippen LogP contribution < -0.4 is 16.3 Å². The third-order valence-corrected chi connectivity index (χ3v) is 2.72. The van der Waals surface area contributed by atoms with Crippen LogP contribution in [-0.4, -0.2) is 23.8 Å². The fourth-order valence-electron chi connectivity index (χ4n) is 1.69. The highest BCUT2D eigenvalue weighted by Gasteiger charge is 2.02. The quantitative estimate of drug-likeness (QED) is 0.335. The van der Waals surface area contributed by atoms with E-state index >= 15 is 0 Å². The Bertz CT molecular complexity index is 465. The van der Waals surface area contributed by atoms with Gasteiger partial charge in [-0.1, -0.05) is 18.6 Å². The molecule has 1 rings (SSSR count). The summed E-state index contributed by atoms with van der Waals surface area (Å²) in [5.41, 5.74) is 5.62. The van der Waals surface area contributed by atoms with Gasteiger partial charge in [0.25, 0.3) is 0 Å². The molecule has 7 heteroatoms. The first kappa shape index (κ1) is 16.9. The summed E-state index contributed by atoms with van der Waals surface area (Å²) in [5, 5.41) is 10.9. The van der Waals surface area contributed by atoms with Crippen LogP contribution in [0.1, 0.15) is 31.2 Å². The highest BCUT2D eigenvalue weighted by Crippen LogP contribution is 2.08. The molecule has 21 heavy (non-hydrogen) atoms. The van der Waals surface area contributed by atoms with E-state index in [1.165, 1.54) is 0 Å². The number of nitrogens with one attached hydrogen (secondary N) is 3. The molecule has 1 aromatic carbocycles. The van der Waals surface area contributed by atoms with Gasteiger partial charge in [-0.3, -0.25) is 14.8 Å². The molecule has 0 spiro atoms. The van der Waals surface area contributed by atoms with E-state index in [0.29, 0.717) is 25.1 Å². The molecule has 1 aromatic rings. The first-order valence-electron chi connectivity index (χ1n) is 6.80. The van der Waals surface area contributed by atoms with Crippen molar-refractivity contribution in [2.24, 2.45) is 0 Å². The minimum atomic E-state index is -0.430. The van der Waals surface area contributed by atoms with Crippen molar-refractivity contribution < 1.29 is 19.6 Å². The maximum absolute atomic E-state index is 11.5. The normalized spacial score (nSPS) is 10.0. The van der Waals surface area contributed by atoms with Gasteiger partial charge < -0.3 is 5.32 Å². The second-order valence-corrected chi connectivity index (χ2v) is 4.62. The summed E-state index contributed by atoms with van der Waals surface area (Å²) in [4.78, 5) is 27.3. The van der Waals surface area contributed by atoms with Crippen LogP contribution in [0.25, 0.3) is 0 Å². The van der Waals surface area contributed by atoms with Crippen LogP contribution in [-0.2, 0) is 9.63 Å². The van der Waals surface area contributed by atoms with Gasteiger partial charge in [-0.2, -0.15) is 0 Å². The lowest BCUT2D eigenvalue weighted by atomic mass is 10.2. The van der Waals surface area contributed by atoms with E-state index < -0.39 is 11.9 Å². The second kappa shape index (κ2) is 9.73. The van der Waals surface area contributed by atoms with E-state index in [9.17, 15) is 9.59 Å². The van der Waals surface area contributed by atoms with Crippen molar-refractivity contribution in [2.75, 3.05) is 11.9 Å². The minimum absolute atomic E-state index is 0.276. The fourth-order valence-corrected chi connectivity index (χ4v) is 1.69. The van der Waals surface area contributed by atoms with Crippen molar-refractivity contribution >= 4 is 17.6 Å². The lowest BCUT2D eigenvalue weighted by Crippen LogP contribution is -2.29. The summed E-state index contributed by atoms with van der Waals surface area (Å²) in [6.07, 6.45) is 2.42. The first-order valence-corrected chi connectivity index (χ1v) is 6.80. The number of hydrogen-bond donors (Lipinski definition) is 4. The van der Waals surface area contributed by atoms with Crippen LogP contribution in [0, 0.1) is 6.92 Å². The van der Waals surface area contributed by atoms with Crippen molar-refractivity contribution in [3.63, 3.8) is 0 Å². The summed E-state index contributed by atoms with van der Waals surface area (Å²) in [7, 11) is 0. The molecule has 0 aliphatic carbocycles. The lowest BCUT2D eigenvalue weighted by molar-refractivity contribution is -0.129. The number of benzene rings is 1. The molecular weight excluding hydrogens is 274 g/mol. The van der Waals surface area contributed by atoms with Crippen molar-refractivity contribution in [1.82, 2.24) is 11.0 Å². The Labute approximate surface area is 123 Å². The Hall–Kier alpha value is -2.12. The van der Waals surface area contributed by atoms with E-state index in [1.807, 2.05) is 25.1 Å². The summed E-state index contributed by atoms with van der Waals surface area (Å²) < 4.78 is 0. The van der Waals surface area contributed by atoms with Crippen LogP contribution in [0.4, 0.5) is 10.5 Å². The van der Waals surface area contributed by atoms with Gasteiger partial charge in [0.2, 0.25) is 5.91 Å². The molecule has 0 saturated heterocycles. The predicted molar refractivity (Wildman–Crippen MR) is 77.7 cm³/mol. The second-order valence-electron chi connectivity index (χ2n) is 4.62. The molecule has 0 aliphatic heterocycles. The van der Waals surface area contributed by atoms with Gasteiger partial charge in [0.15, 0.2) is 0 Å². The monoisotopic (exact) mass is 295 g/mol. The highest BCUT2D eigenvalue weighted by atomic mass is 16.7. The Kier molecular flexibility index (Phi) is 7.85. The predicted octanol–water partition coefficient (Wildman–Crippen LogP) is 2.11. The molecule has 0 saturated carbocycles. The molecule has 0 atom stereocenters. The molecule has 3 amide bonds. The number of carbonyl (C=O) groups is 2. The highest BCUT2D eigenvalue weighted by molar-refractivity contribution is 5.88. The van der Waals surface area contributed by atoms with Crippen LogP contribution >= 0.6 is 0 Å². The molecule has 0 radical (unpaired) electrons. The number of aryl methyl sites for hydroxylation is 1. The minimum Gasteiger partial charge on any atom is -0.306 e. The number of rotatable bonds is 8. The largest absolute Gasteiger partial charge is 0.343 e. The van der Waals surface area contributed by atoms with Crippen molar-refractivity contribution in [1.29, 1.82) is 0 Å². The number of hydroxylamine groups is 2. The molecule has 4 N–H and O–H groups in total. The standard InChI is InChI=1S/C14H21N3O4/c1-11-6-5-7-12(10-11)15-14(19)17-21-9-4-2-3-8-13(18)16-20/h5-7,10,20H,2-4,8-9H2,1H3,(H,16,18)(H2,15,17,19). The molecule has 0 heterocycles. The third-order valence-electron chi connectivity index (χ3n) is 2.72. The maximum Gasteiger partial charge on any atom is 0.343 e. The average molecular weight is 295 g/mol. The number of amides is 3. The number of hydrogen-bond acceptors (Lipinski definition) is 4. The van der Waals surface area contributed by atoms with Gasteiger partial charge >= 0.3 is 6.03 Å². The third kappa shape index (κ3) is 7.91. The van der Waals surface area contributed by atoms with E-state index in [0.717, 1.165) is 12.0 Å². The van der Waals surface area contributed by atoms with Crippen LogP contribution in [0.5, 0.6) is 0 Å². The Morgan fingerprint density at radius 3 is 2.76 bits per heavy atom. The number of anilines is 1. The molecule has 0 aromatic heterocycles. The summed E-state index contributed by atoms with van der Waals surface area (Å²) in [5.74, 6) is -0.397. The topological polar surface area (TPSA) is 99.7 Å². The van der Waals surface area contributed by atoms with Gasteiger partial charge in [-0.15, -0.1) is 0 Å². The van der Waals surface area contributed by atoms with E-state index in [1.54, 1.807) is 11.5 Å². The molecule has 7 nitrogen and oxygen atoms in total. The van der Waals surface area contributed by atoms with Crippen LogP contribution in [0.3, 0.4) is 0 Å². The number of urea groups is 1. The van der Waals surface area contributed by atoms with Gasteiger partial charge in [0.05, 0.1) is 6.61 Å². The Morgan fingerprint density at radius 1 is 1.24 bits per heavy atom. The van der Waals surface area contributed by atoms with E-state index in [2.05, 4.69) is 10.8 Å². The smallest absolute Gasteiger partial charge is 0.306 e.